The Balaban J connectivity index is 1.94. The van der Waals surface area contributed by atoms with Crippen LogP contribution >= 0.6 is 0 Å². The van der Waals surface area contributed by atoms with Crippen LogP contribution in [0.2, 0.25) is 0 Å². The average molecular weight is 392 g/mol. The van der Waals surface area contributed by atoms with E-state index in [0.29, 0.717) is 6.04 Å². The summed E-state index contributed by atoms with van der Waals surface area (Å²) in [6, 6.07) is 6.59. The molecule has 1 fully saturated rings. The highest BCUT2D eigenvalue weighted by Gasteiger charge is 2.31. The average Bonchev–Trinajstić information content (AvgIpc) is 2.67. The van der Waals surface area contributed by atoms with E-state index in [1.807, 2.05) is 30.0 Å². The zero-order valence-electron chi connectivity index (χ0n) is 18.5. The minimum atomic E-state index is -0.0809. The first-order valence-corrected chi connectivity index (χ1v) is 10.3. The normalized spacial score (nSPS) is 16.9. The Morgan fingerprint density at radius 1 is 1.00 bits per heavy atom. The van der Waals surface area contributed by atoms with E-state index in [2.05, 4.69) is 37.9 Å². The fourth-order valence-corrected chi connectivity index (χ4v) is 4.03. The first-order chi connectivity index (χ1) is 13.3. The molecule has 6 nitrogen and oxygen atoms in total. The summed E-state index contributed by atoms with van der Waals surface area (Å²) in [4.78, 5) is 17.3. The van der Waals surface area contributed by atoms with Gasteiger partial charge in [0.25, 0.3) is 0 Å². The number of nitrogens with one attached hydrogen (secondary N) is 1. The van der Waals surface area contributed by atoms with Crippen LogP contribution in [0.15, 0.2) is 18.2 Å². The van der Waals surface area contributed by atoms with Gasteiger partial charge in [-0.25, -0.2) is 0 Å². The van der Waals surface area contributed by atoms with E-state index >= 15 is 0 Å². The van der Waals surface area contributed by atoms with Crippen LogP contribution in [-0.4, -0.2) is 67.2 Å². The van der Waals surface area contributed by atoms with E-state index in [0.717, 1.165) is 43.1 Å². The van der Waals surface area contributed by atoms with Gasteiger partial charge in [-0.1, -0.05) is 0 Å². The summed E-state index contributed by atoms with van der Waals surface area (Å²) in [5.74, 6) is 1.79. The van der Waals surface area contributed by atoms with Crippen LogP contribution in [0.25, 0.3) is 0 Å². The molecule has 1 N–H and O–H groups in total. The second-order valence-corrected chi connectivity index (χ2v) is 8.16. The molecule has 158 valence electrons. The molecule has 0 aromatic heterocycles. The van der Waals surface area contributed by atoms with Gasteiger partial charge in [0.05, 0.1) is 20.3 Å². The maximum atomic E-state index is 13.0. The zero-order chi connectivity index (χ0) is 20.8. The van der Waals surface area contributed by atoms with Crippen molar-refractivity contribution in [1.29, 1.82) is 0 Å². The van der Waals surface area contributed by atoms with Crippen LogP contribution in [0.1, 0.15) is 47.5 Å². The molecule has 1 aromatic rings. The highest BCUT2D eigenvalue weighted by Crippen LogP contribution is 2.28. The molecule has 0 radical (unpaired) electrons. The molecule has 1 atom stereocenters. The summed E-state index contributed by atoms with van der Waals surface area (Å²) >= 11 is 0. The van der Waals surface area contributed by atoms with E-state index in [4.69, 9.17) is 9.47 Å². The van der Waals surface area contributed by atoms with E-state index < -0.39 is 0 Å². The number of carbonyl (C=O) groups excluding carboxylic acids is 1. The summed E-state index contributed by atoms with van der Waals surface area (Å²) in [5.41, 5.74) is 1.00. The third-order valence-electron chi connectivity index (χ3n) is 5.52. The predicted octanol–water partition coefficient (Wildman–Crippen LogP) is 3.61. The van der Waals surface area contributed by atoms with Gasteiger partial charge < -0.3 is 19.7 Å². The smallest absolute Gasteiger partial charge is 0.240 e. The lowest BCUT2D eigenvalue weighted by atomic mass is 10.0. The van der Waals surface area contributed by atoms with Crippen molar-refractivity contribution in [3.05, 3.63) is 18.2 Å². The van der Waals surface area contributed by atoms with Crippen molar-refractivity contribution < 1.29 is 14.3 Å². The van der Waals surface area contributed by atoms with Crippen molar-refractivity contribution in [2.24, 2.45) is 0 Å². The van der Waals surface area contributed by atoms with Gasteiger partial charge in [-0.2, -0.15) is 0 Å². The second kappa shape index (κ2) is 10.0. The number of rotatable bonds is 8. The fourth-order valence-electron chi connectivity index (χ4n) is 4.03. The van der Waals surface area contributed by atoms with Crippen LogP contribution in [0.5, 0.6) is 11.5 Å². The van der Waals surface area contributed by atoms with Crippen molar-refractivity contribution in [2.75, 3.05) is 32.6 Å². The second-order valence-electron chi connectivity index (χ2n) is 8.16. The molecule has 0 bridgehead atoms. The molecule has 0 aliphatic carbocycles. The van der Waals surface area contributed by atoms with Crippen molar-refractivity contribution in [3.8, 4) is 11.5 Å². The molecule has 0 spiro atoms. The van der Waals surface area contributed by atoms with E-state index in [-0.39, 0.29) is 24.0 Å². The number of ether oxygens (including phenoxy) is 2. The van der Waals surface area contributed by atoms with Gasteiger partial charge in [0.15, 0.2) is 0 Å². The number of benzene rings is 1. The molecular formula is C22H37N3O3. The SMILES string of the molecule is COc1cc(NC2CCN([C@H](C)C(=O)N(C(C)C)C(C)C)CC2)cc(OC)c1. The summed E-state index contributed by atoms with van der Waals surface area (Å²) in [6.45, 7) is 12.2. The third kappa shape index (κ3) is 5.53. The summed E-state index contributed by atoms with van der Waals surface area (Å²) < 4.78 is 10.7. The van der Waals surface area contributed by atoms with Crippen molar-refractivity contribution >= 4 is 11.6 Å². The first kappa shape index (κ1) is 22.3. The quantitative estimate of drug-likeness (QED) is 0.734. The van der Waals surface area contributed by atoms with Crippen LogP contribution in [0.4, 0.5) is 5.69 Å². The van der Waals surface area contributed by atoms with Crippen LogP contribution in [0, 0.1) is 0 Å². The maximum absolute atomic E-state index is 13.0. The molecule has 1 aromatic carbocycles. The third-order valence-corrected chi connectivity index (χ3v) is 5.52. The summed E-state index contributed by atoms with van der Waals surface area (Å²) in [6.07, 6.45) is 2.00. The van der Waals surface area contributed by atoms with Gasteiger partial charge >= 0.3 is 0 Å². The van der Waals surface area contributed by atoms with Crippen molar-refractivity contribution in [2.45, 2.75) is 71.6 Å². The number of amides is 1. The Kier molecular flexibility index (Phi) is 7.98. The standard InChI is InChI=1S/C22H37N3O3/c1-15(2)25(16(3)4)22(26)17(5)24-10-8-18(9-11-24)23-19-12-20(27-6)14-21(13-19)28-7/h12-18,23H,8-11H2,1-7H3/t17-/m1/s1. The Morgan fingerprint density at radius 2 is 1.50 bits per heavy atom. The van der Waals surface area contributed by atoms with Crippen LogP contribution in [-0.2, 0) is 4.79 Å². The fraction of sp³-hybridized carbons (Fsp3) is 0.682. The summed E-state index contributed by atoms with van der Waals surface area (Å²) in [5, 5.41) is 3.60. The van der Waals surface area contributed by atoms with Crippen LogP contribution < -0.4 is 14.8 Å². The lowest BCUT2D eigenvalue weighted by Gasteiger charge is -2.40. The van der Waals surface area contributed by atoms with Gasteiger partial charge in [0.2, 0.25) is 5.91 Å². The maximum Gasteiger partial charge on any atom is 0.240 e. The van der Waals surface area contributed by atoms with Crippen LogP contribution in [0.3, 0.4) is 0 Å². The molecule has 0 saturated carbocycles. The first-order valence-electron chi connectivity index (χ1n) is 10.3. The topological polar surface area (TPSA) is 54.0 Å². The molecule has 1 aliphatic rings. The number of anilines is 1. The largest absolute Gasteiger partial charge is 0.497 e. The Hall–Kier alpha value is -1.95. The van der Waals surface area contributed by atoms with Gasteiger partial charge in [0, 0.05) is 55.1 Å². The number of hydrogen-bond donors (Lipinski definition) is 1. The zero-order valence-corrected chi connectivity index (χ0v) is 18.5. The highest BCUT2D eigenvalue weighted by atomic mass is 16.5. The molecule has 1 aliphatic heterocycles. The molecular weight excluding hydrogens is 354 g/mol. The molecule has 2 rings (SSSR count). The lowest BCUT2D eigenvalue weighted by molar-refractivity contribution is -0.140. The number of piperidine rings is 1. The molecule has 1 heterocycles. The minimum absolute atomic E-state index is 0.0809. The van der Waals surface area contributed by atoms with E-state index in [9.17, 15) is 4.79 Å². The molecule has 0 unspecified atom stereocenters. The highest BCUT2D eigenvalue weighted by molar-refractivity contribution is 5.82. The Labute approximate surface area is 170 Å². The summed E-state index contributed by atoms with van der Waals surface area (Å²) in [7, 11) is 3.32. The molecule has 1 amide bonds. The van der Waals surface area contributed by atoms with Gasteiger partial charge in [-0.05, 0) is 47.5 Å². The number of likely N-dealkylation sites (tertiary alicyclic amines) is 1. The van der Waals surface area contributed by atoms with Gasteiger partial charge in [-0.3, -0.25) is 9.69 Å². The minimum Gasteiger partial charge on any atom is -0.497 e. The van der Waals surface area contributed by atoms with E-state index in [1.165, 1.54) is 0 Å². The molecule has 6 heteroatoms. The van der Waals surface area contributed by atoms with E-state index in [1.54, 1.807) is 14.2 Å². The Bertz CT molecular complexity index is 610. The lowest BCUT2D eigenvalue weighted by Crippen LogP contribution is -2.54. The number of nitrogens with zero attached hydrogens (tertiary/aromatic N) is 2. The van der Waals surface area contributed by atoms with Crippen molar-refractivity contribution in [1.82, 2.24) is 9.80 Å². The molecule has 28 heavy (non-hydrogen) atoms. The monoisotopic (exact) mass is 391 g/mol. The number of methoxy groups -OCH3 is 2. The van der Waals surface area contributed by atoms with Crippen molar-refractivity contribution in [3.63, 3.8) is 0 Å². The van der Waals surface area contributed by atoms with Gasteiger partial charge in [-0.15, -0.1) is 0 Å². The van der Waals surface area contributed by atoms with Gasteiger partial charge in [0.1, 0.15) is 11.5 Å². The predicted molar refractivity (Wildman–Crippen MR) is 114 cm³/mol. The Morgan fingerprint density at radius 3 is 1.93 bits per heavy atom. The number of hydrogen-bond acceptors (Lipinski definition) is 5. The number of carbonyl (C=O) groups is 1. The molecule has 1 saturated heterocycles.